The Morgan fingerprint density at radius 3 is 3.33 bits per heavy atom. The van der Waals surface area contributed by atoms with Crippen molar-refractivity contribution in [3.05, 3.63) is 36.2 Å². The summed E-state index contributed by atoms with van der Waals surface area (Å²) in [7, 11) is 0. The highest BCUT2D eigenvalue weighted by atomic mass is 15.0. The zero-order valence-corrected chi connectivity index (χ0v) is 6.75. The first-order chi connectivity index (χ1) is 5.86. The third-order valence-electron chi connectivity index (χ3n) is 2.86. The van der Waals surface area contributed by atoms with E-state index in [1.54, 1.807) is 0 Å². The number of aromatic nitrogens is 1. The molecule has 2 aliphatic heterocycles. The van der Waals surface area contributed by atoms with Crippen LogP contribution in [0.25, 0.3) is 0 Å². The highest BCUT2D eigenvalue weighted by Gasteiger charge is 2.41. The molecule has 0 spiro atoms. The number of hydrogen-bond acceptors (Lipinski definition) is 2. The highest BCUT2D eigenvalue weighted by molar-refractivity contribution is 5.61. The predicted octanol–water partition coefficient (Wildman–Crippen LogP) is 1.92. The van der Waals surface area contributed by atoms with Gasteiger partial charge in [0.15, 0.2) is 0 Å². The van der Waals surface area contributed by atoms with Crippen LogP contribution in [-0.2, 0) is 0 Å². The standard InChI is InChI=1S/C10H10N2/c1-6-7-5-9(6)12-8-3-2-4-11-10(7)8/h2-4,7,9,12H,1,5H2. The van der Waals surface area contributed by atoms with Gasteiger partial charge in [0, 0.05) is 18.2 Å². The van der Waals surface area contributed by atoms with Crippen molar-refractivity contribution in [2.45, 2.75) is 18.4 Å². The van der Waals surface area contributed by atoms with Crippen molar-refractivity contribution in [3.63, 3.8) is 0 Å². The maximum Gasteiger partial charge on any atom is 0.0707 e. The molecule has 1 aliphatic carbocycles. The van der Waals surface area contributed by atoms with Crippen LogP contribution in [0.5, 0.6) is 0 Å². The van der Waals surface area contributed by atoms with Gasteiger partial charge in [0.2, 0.25) is 0 Å². The number of hydrogen-bond donors (Lipinski definition) is 1. The summed E-state index contributed by atoms with van der Waals surface area (Å²) < 4.78 is 0. The monoisotopic (exact) mass is 158 g/mol. The number of anilines is 1. The average Bonchev–Trinajstić information content (AvgIpc) is 2.16. The van der Waals surface area contributed by atoms with E-state index in [1.165, 1.54) is 23.4 Å². The molecule has 0 aromatic carbocycles. The largest absolute Gasteiger partial charge is 0.377 e. The Morgan fingerprint density at radius 2 is 2.50 bits per heavy atom. The third-order valence-corrected chi connectivity index (χ3v) is 2.86. The van der Waals surface area contributed by atoms with E-state index in [2.05, 4.69) is 22.9 Å². The van der Waals surface area contributed by atoms with Gasteiger partial charge in [-0.3, -0.25) is 4.98 Å². The van der Waals surface area contributed by atoms with Crippen LogP contribution in [0.1, 0.15) is 18.0 Å². The molecule has 0 saturated heterocycles. The topological polar surface area (TPSA) is 24.9 Å². The second-order valence-corrected chi connectivity index (χ2v) is 3.50. The first-order valence-electron chi connectivity index (χ1n) is 4.26. The first kappa shape index (κ1) is 6.23. The van der Waals surface area contributed by atoms with Crippen molar-refractivity contribution < 1.29 is 0 Å². The number of pyridine rings is 1. The van der Waals surface area contributed by atoms with Gasteiger partial charge in [0.05, 0.1) is 11.4 Å². The van der Waals surface area contributed by atoms with E-state index in [-0.39, 0.29) is 0 Å². The van der Waals surface area contributed by atoms with Crippen LogP contribution in [0.4, 0.5) is 5.69 Å². The fourth-order valence-corrected chi connectivity index (χ4v) is 2.06. The van der Waals surface area contributed by atoms with E-state index in [0.717, 1.165) is 0 Å². The average molecular weight is 158 g/mol. The van der Waals surface area contributed by atoms with Crippen molar-refractivity contribution in [1.29, 1.82) is 0 Å². The number of rotatable bonds is 0. The molecule has 60 valence electrons. The van der Waals surface area contributed by atoms with Crippen molar-refractivity contribution in [2.24, 2.45) is 0 Å². The van der Waals surface area contributed by atoms with E-state index in [0.29, 0.717) is 12.0 Å². The van der Waals surface area contributed by atoms with Gasteiger partial charge in [-0.1, -0.05) is 6.58 Å². The van der Waals surface area contributed by atoms with Crippen molar-refractivity contribution in [2.75, 3.05) is 5.32 Å². The molecule has 2 unspecified atom stereocenters. The molecule has 2 nitrogen and oxygen atoms in total. The van der Waals surface area contributed by atoms with E-state index in [4.69, 9.17) is 0 Å². The Hall–Kier alpha value is -1.31. The van der Waals surface area contributed by atoms with Gasteiger partial charge >= 0.3 is 0 Å². The van der Waals surface area contributed by atoms with Crippen LogP contribution in [0, 0.1) is 0 Å². The van der Waals surface area contributed by atoms with Crippen LogP contribution in [0.3, 0.4) is 0 Å². The second kappa shape index (κ2) is 1.89. The molecule has 12 heavy (non-hydrogen) atoms. The molecule has 1 fully saturated rings. The molecule has 0 amide bonds. The van der Waals surface area contributed by atoms with Crippen LogP contribution in [-0.4, -0.2) is 11.0 Å². The molecule has 4 rings (SSSR count). The minimum Gasteiger partial charge on any atom is -0.377 e. The Morgan fingerprint density at radius 1 is 1.58 bits per heavy atom. The Bertz CT molecular complexity index is 357. The fraction of sp³-hybridized carbons (Fsp3) is 0.300. The fourth-order valence-electron chi connectivity index (χ4n) is 2.06. The Labute approximate surface area is 71.3 Å². The SMILES string of the molecule is C=C1C2CC1c1ncccc1N2. The molecule has 1 saturated carbocycles. The zero-order valence-electron chi connectivity index (χ0n) is 6.75. The molecule has 1 aromatic rings. The lowest BCUT2D eigenvalue weighted by Crippen LogP contribution is -2.42. The van der Waals surface area contributed by atoms with Gasteiger partial charge in [-0.15, -0.1) is 0 Å². The lowest BCUT2D eigenvalue weighted by atomic mass is 9.70. The quantitative estimate of drug-likeness (QED) is 0.583. The summed E-state index contributed by atoms with van der Waals surface area (Å²) in [6.45, 7) is 4.04. The van der Waals surface area contributed by atoms with Crippen LogP contribution >= 0.6 is 0 Å². The summed E-state index contributed by atoms with van der Waals surface area (Å²) in [6.07, 6.45) is 3.04. The minimum atomic E-state index is 0.520. The summed E-state index contributed by atoms with van der Waals surface area (Å²) in [5.41, 5.74) is 3.69. The summed E-state index contributed by atoms with van der Waals surface area (Å²) in [4.78, 5) is 4.37. The summed E-state index contributed by atoms with van der Waals surface area (Å²) >= 11 is 0. The van der Waals surface area contributed by atoms with Gasteiger partial charge in [-0.25, -0.2) is 0 Å². The van der Waals surface area contributed by atoms with Crippen LogP contribution < -0.4 is 5.32 Å². The van der Waals surface area contributed by atoms with Gasteiger partial charge in [0.1, 0.15) is 0 Å². The highest BCUT2D eigenvalue weighted by Crippen LogP contribution is 2.48. The maximum absolute atomic E-state index is 4.37. The van der Waals surface area contributed by atoms with Crippen molar-refractivity contribution in [1.82, 2.24) is 4.98 Å². The molecule has 2 heteroatoms. The summed E-state index contributed by atoms with van der Waals surface area (Å²) in [5.74, 6) is 0.535. The number of nitrogens with zero attached hydrogens (tertiary/aromatic N) is 1. The lowest BCUT2D eigenvalue weighted by Gasteiger charge is -2.44. The molecule has 1 aromatic heterocycles. The lowest BCUT2D eigenvalue weighted by molar-refractivity contribution is 0.481. The van der Waals surface area contributed by atoms with E-state index in [9.17, 15) is 0 Å². The molecular formula is C10H10N2. The van der Waals surface area contributed by atoms with Gasteiger partial charge in [0.25, 0.3) is 0 Å². The Balaban J connectivity index is 2.18. The molecular weight excluding hydrogens is 148 g/mol. The molecule has 3 heterocycles. The van der Waals surface area contributed by atoms with E-state index < -0.39 is 0 Å². The Kier molecular flexibility index (Phi) is 0.980. The predicted molar refractivity (Wildman–Crippen MR) is 48.1 cm³/mol. The van der Waals surface area contributed by atoms with Crippen LogP contribution in [0.15, 0.2) is 30.5 Å². The second-order valence-electron chi connectivity index (χ2n) is 3.50. The van der Waals surface area contributed by atoms with Crippen molar-refractivity contribution >= 4 is 5.69 Å². The van der Waals surface area contributed by atoms with E-state index in [1.807, 2.05) is 12.3 Å². The molecule has 1 N–H and O–H groups in total. The van der Waals surface area contributed by atoms with E-state index >= 15 is 0 Å². The van der Waals surface area contributed by atoms with Gasteiger partial charge in [-0.05, 0) is 24.1 Å². The summed E-state index contributed by atoms with van der Waals surface area (Å²) in [6, 6.07) is 4.58. The van der Waals surface area contributed by atoms with Gasteiger partial charge < -0.3 is 5.32 Å². The van der Waals surface area contributed by atoms with Gasteiger partial charge in [-0.2, -0.15) is 0 Å². The summed E-state index contributed by atoms with van der Waals surface area (Å²) in [5, 5.41) is 3.41. The maximum atomic E-state index is 4.37. The molecule has 2 atom stereocenters. The molecule has 2 bridgehead atoms. The first-order valence-corrected chi connectivity index (χ1v) is 4.26. The van der Waals surface area contributed by atoms with Crippen LogP contribution in [0.2, 0.25) is 0 Å². The minimum absolute atomic E-state index is 0.520. The van der Waals surface area contributed by atoms with Crippen molar-refractivity contribution in [3.8, 4) is 0 Å². The third kappa shape index (κ3) is 0.583. The molecule has 3 aliphatic rings. The molecule has 0 radical (unpaired) electrons. The smallest absolute Gasteiger partial charge is 0.0707 e. The zero-order chi connectivity index (χ0) is 8.13. The normalized spacial score (nSPS) is 30.2. The number of nitrogens with one attached hydrogen (secondary N) is 1.